The van der Waals surface area contributed by atoms with Crippen LogP contribution in [-0.4, -0.2) is 27.1 Å². The Labute approximate surface area is 104 Å². The van der Waals surface area contributed by atoms with Crippen LogP contribution >= 0.6 is 0 Å². The van der Waals surface area contributed by atoms with E-state index in [1.165, 1.54) is 0 Å². The van der Waals surface area contributed by atoms with Crippen molar-refractivity contribution in [2.45, 2.75) is 59.8 Å². The lowest BCUT2D eigenvalue weighted by molar-refractivity contribution is -0.00813. The first-order valence-electron chi connectivity index (χ1n) is 6.08. The van der Waals surface area contributed by atoms with Crippen LogP contribution in [0.1, 0.15) is 50.8 Å². The summed E-state index contributed by atoms with van der Waals surface area (Å²) in [5, 5.41) is 14.1. The number of aliphatic hydroxyl groups is 1. The van der Waals surface area contributed by atoms with Gasteiger partial charge < -0.3 is 9.84 Å². The fourth-order valence-corrected chi connectivity index (χ4v) is 1.97. The second-order valence-electron chi connectivity index (χ2n) is 5.44. The Balaban J connectivity index is 2.70. The van der Waals surface area contributed by atoms with Crippen LogP contribution in [0.15, 0.2) is 0 Å². The van der Waals surface area contributed by atoms with Gasteiger partial charge in [0, 0.05) is 11.3 Å². The molecular formula is C13H24N2O2. The maximum absolute atomic E-state index is 9.67. The first-order valence-corrected chi connectivity index (χ1v) is 6.08. The van der Waals surface area contributed by atoms with Gasteiger partial charge in [0.2, 0.25) is 0 Å². The quantitative estimate of drug-likeness (QED) is 0.879. The molecule has 0 saturated carbocycles. The standard InChI is InChI=1S/C13H24N2O2/c1-9-12(11(3)16)10(2)15(14-9)7-8-17-13(4,5)6/h11,16H,7-8H2,1-6H3. The molecule has 0 aromatic carbocycles. The van der Waals surface area contributed by atoms with Crippen LogP contribution in [-0.2, 0) is 11.3 Å². The number of hydrogen-bond donors (Lipinski definition) is 1. The lowest BCUT2D eigenvalue weighted by Gasteiger charge is -2.19. The Morgan fingerprint density at radius 3 is 2.35 bits per heavy atom. The molecule has 4 nitrogen and oxygen atoms in total. The van der Waals surface area contributed by atoms with Gasteiger partial charge in [0.1, 0.15) is 0 Å². The van der Waals surface area contributed by atoms with Crippen molar-refractivity contribution in [1.29, 1.82) is 0 Å². The molecule has 0 aliphatic heterocycles. The monoisotopic (exact) mass is 240 g/mol. The average Bonchev–Trinajstić information content (AvgIpc) is 2.39. The molecule has 98 valence electrons. The number of aliphatic hydroxyl groups excluding tert-OH is 1. The van der Waals surface area contributed by atoms with E-state index in [9.17, 15) is 5.11 Å². The third-order valence-corrected chi connectivity index (χ3v) is 2.69. The first-order chi connectivity index (χ1) is 7.72. The van der Waals surface area contributed by atoms with Gasteiger partial charge in [-0.2, -0.15) is 5.10 Å². The number of rotatable bonds is 4. The fraction of sp³-hybridized carbons (Fsp3) is 0.769. The van der Waals surface area contributed by atoms with E-state index in [1.807, 2.05) is 39.3 Å². The molecule has 1 aromatic rings. The highest BCUT2D eigenvalue weighted by Gasteiger charge is 2.16. The Bertz CT molecular complexity index is 376. The molecule has 0 radical (unpaired) electrons. The molecule has 0 fully saturated rings. The van der Waals surface area contributed by atoms with Crippen molar-refractivity contribution in [2.24, 2.45) is 0 Å². The van der Waals surface area contributed by atoms with E-state index in [4.69, 9.17) is 4.74 Å². The lowest BCUT2D eigenvalue weighted by atomic mass is 10.1. The van der Waals surface area contributed by atoms with Gasteiger partial charge in [0.05, 0.1) is 30.6 Å². The number of hydrogen-bond acceptors (Lipinski definition) is 3. The largest absolute Gasteiger partial charge is 0.389 e. The van der Waals surface area contributed by atoms with Crippen LogP contribution < -0.4 is 0 Å². The van der Waals surface area contributed by atoms with Gasteiger partial charge in [-0.05, 0) is 41.5 Å². The van der Waals surface area contributed by atoms with Gasteiger partial charge in [-0.3, -0.25) is 4.68 Å². The van der Waals surface area contributed by atoms with E-state index in [1.54, 1.807) is 6.92 Å². The minimum absolute atomic E-state index is 0.122. The topological polar surface area (TPSA) is 47.3 Å². The highest BCUT2D eigenvalue weighted by atomic mass is 16.5. The molecule has 1 heterocycles. The summed E-state index contributed by atoms with van der Waals surface area (Å²) in [5.74, 6) is 0. The van der Waals surface area contributed by atoms with Gasteiger partial charge >= 0.3 is 0 Å². The van der Waals surface area contributed by atoms with Crippen molar-refractivity contribution in [3.63, 3.8) is 0 Å². The van der Waals surface area contributed by atoms with E-state index >= 15 is 0 Å². The Morgan fingerprint density at radius 1 is 1.35 bits per heavy atom. The summed E-state index contributed by atoms with van der Waals surface area (Å²) in [7, 11) is 0. The number of aryl methyl sites for hydroxylation is 1. The SMILES string of the molecule is Cc1nn(CCOC(C)(C)C)c(C)c1C(C)O. The van der Waals surface area contributed by atoms with Crippen LogP contribution in [0.3, 0.4) is 0 Å². The lowest BCUT2D eigenvalue weighted by Crippen LogP contribution is -2.22. The van der Waals surface area contributed by atoms with Crippen molar-refractivity contribution in [1.82, 2.24) is 9.78 Å². The van der Waals surface area contributed by atoms with Gasteiger partial charge in [0.25, 0.3) is 0 Å². The third kappa shape index (κ3) is 3.82. The molecule has 17 heavy (non-hydrogen) atoms. The second-order valence-corrected chi connectivity index (χ2v) is 5.44. The number of aromatic nitrogens is 2. The van der Waals surface area contributed by atoms with E-state index < -0.39 is 6.10 Å². The molecule has 1 N–H and O–H groups in total. The highest BCUT2D eigenvalue weighted by molar-refractivity contribution is 5.26. The van der Waals surface area contributed by atoms with Crippen molar-refractivity contribution in [3.8, 4) is 0 Å². The van der Waals surface area contributed by atoms with Crippen LogP contribution in [0, 0.1) is 13.8 Å². The molecule has 1 aromatic heterocycles. The summed E-state index contributed by atoms with van der Waals surface area (Å²) in [6.07, 6.45) is -0.465. The van der Waals surface area contributed by atoms with Crippen molar-refractivity contribution in [2.75, 3.05) is 6.61 Å². The summed E-state index contributed by atoms with van der Waals surface area (Å²) < 4.78 is 7.58. The second kappa shape index (κ2) is 5.19. The summed E-state index contributed by atoms with van der Waals surface area (Å²) in [6, 6.07) is 0. The molecule has 0 bridgehead atoms. The number of nitrogens with zero attached hydrogens (tertiary/aromatic N) is 2. The molecule has 0 aliphatic rings. The first kappa shape index (κ1) is 14.2. The molecular weight excluding hydrogens is 216 g/mol. The van der Waals surface area contributed by atoms with Gasteiger partial charge in [-0.1, -0.05) is 0 Å². The van der Waals surface area contributed by atoms with E-state index in [0.717, 1.165) is 23.5 Å². The molecule has 0 spiro atoms. The van der Waals surface area contributed by atoms with Crippen LogP contribution in [0.5, 0.6) is 0 Å². The Hall–Kier alpha value is -0.870. The van der Waals surface area contributed by atoms with Gasteiger partial charge in [0.15, 0.2) is 0 Å². The third-order valence-electron chi connectivity index (χ3n) is 2.69. The molecule has 0 saturated heterocycles. The maximum Gasteiger partial charge on any atom is 0.0797 e. The summed E-state index contributed by atoms with van der Waals surface area (Å²) >= 11 is 0. The van der Waals surface area contributed by atoms with Crippen LogP contribution in [0.2, 0.25) is 0 Å². The predicted molar refractivity (Wildman–Crippen MR) is 68.0 cm³/mol. The van der Waals surface area contributed by atoms with Crippen molar-refractivity contribution in [3.05, 3.63) is 17.0 Å². The maximum atomic E-state index is 9.67. The molecule has 1 rings (SSSR count). The summed E-state index contributed by atoms with van der Waals surface area (Å²) in [6.45, 7) is 13.1. The van der Waals surface area contributed by atoms with Gasteiger partial charge in [-0.15, -0.1) is 0 Å². The van der Waals surface area contributed by atoms with E-state index in [2.05, 4.69) is 5.10 Å². The summed E-state index contributed by atoms with van der Waals surface area (Å²) in [5.41, 5.74) is 2.73. The van der Waals surface area contributed by atoms with E-state index in [0.29, 0.717) is 6.61 Å². The normalized spacial score (nSPS) is 14.1. The molecule has 1 unspecified atom stereocenters. The van der Waals surface area contributed by atoms with Crippen LogP contribution in [0.25, 0.3) is 0 Å². The van der Waals surface area contributed by atoms with E-state index in [-0.39, 0.29) is 5.60 Å². The zero-order valence-corrected chi connectivity index (χ0v) is 11.7. The number of ether oxygens (including phenoxy) is 1. The average molecular weight is 240 g/mol. The predicted octanol–water partition coefficient (Wildman–Crippen LogP) is 2.37. The zero-order chi connectivity index (χ0) is 13.2. The molecule has 0 amide bonds. The Morgan fingerprint density at radius 2 is 1.94 bits per heavy atom. The van der Waals surface area contributed by atoms with Crippen LogP contribution in [0.4, 0.5) is 0 Å². The minimum Gasteiger partial charge on any atom is -0.389 e. The molecule has 1 atom stereocenters. The zero-order valence-electron chi connectivity index (χ0n) is 11.7. The molecule has 4 heteroatoms. The smallest absolute Gasteiger partial charge is 0.0797 e. The fourth-order valence-electron chi connectivity index (χ4n) is 1.97. The van der Waals surface area contributed by atoms with Gasteiger partial charge in [-0.25, -0.2) is 0 Å². The Kier molecular flexibility index (Phi) is 4.33. The molecule has 0 aliphatic carbocycles. The summed E-state index contributed by atoms with van der Waals surface area (Å²) in [4.78, 5) is 0. The minimum atomic E-state index is -0.465. The van der Waals surface area contributed by atoms with Crippen molar-refractivity contribution < 1.29 is 9.84 Å². The van der Waals surface area contributed by atoms with Crippen molar-refractivity contribution >= 4 is 0 Å². The highest BCUT2D eigenvalue weighted by Crippen LogP contribution is 2.20.